The number of hydrogen-bond donors (Lipinski definition) is 3. The highest BCUT2D eigenvalue weighted by molar-refractivity contribution is 5.79. The Morgan fingerprint density at radius 2 is 1.90 bits per heavy atom. The molecule has 0 spiro atoms. The van der Waals surface area contributed by atoms with Crippen LogP contribution in [-0.2, 0) is 11.3 Å². The number of nitriles is 2. The van der Waals surface area contributed by atoms with Crippen molar-refractivity contribution in [2.24, 2.45) is 5.41 Å². The summed E-state index contributed by atoms with van der Waals surface area (Å²) in [4.78, 5) is 5.34. The van der Waals surface area contributed by atoms with Gasteiger partial charge >= 0.3 is 0 Å². The maximum atomic E-state index is 15.9. The number of hydrazine groups is 1. The number of halogens is 2. The van der Waals surface area contributed by atoms with Gasteiger partial charge in [-0.25, -0.2) is 8.78 Å². The number of anilines is 2. The van der Waals surface area contributed by atoms with Gasteiger partial charge in [0, 0.05) is 24.4 Å². The molecule has 1 saturated heterocycles. The lowest BCUT2D eigenvalue weighted by atomic mass is 9.60. The van der Waals surface area contributed by atoms with Crippen LogP contribution in [0.15, 0.2) is 67.1 Å². The normalized spacial score (nSPS) is 16.4. The highest BCUT2D eigenvalue weighted by atomic mass is 19.1. The van der Waals surface area contributed by atoms with Crippen molar-refractivity contribution >= 4 is 11.4 Å². The van der Waals surface area contributed by atoms with Crippen molar-refractivity contribution in [3.05, 3.63) is 95.1 Å². The lowest BCUT2D eigenvalue weighted by molar-refractivity contribution is 0.0258. The highest BCUT2D eigenvalue weighted by Crippen LogP contribution is 2.50. The minimum atomic E-state index is -1.69. The molecule has 1 fully saturated rings. The van der Waals surface area contributed by atoms with Crippen LogP contribution in [0.5, 0.6) is 0 Å². The molecule has 0 radical (unpaired) electrons. The number of nitrogens with two attached hydrogens (primary N) is 1. The van der Waals surface area contributed by atoms with E-state index in [2.05, 4.69) is 16.8 Å². The zero-order valence-corrected chi connectivity index (χ0v) is 21.6. The minimum absolute atomic E-state index is 0.161. The lowest BCUT2D eigenvalue weighted by Crippen LogP contribution is -2.61. The van der Waals surface area contributed by atoms with E-state index in [1.807, 2.05) is 24.3 Å². The molecule has 2 aliphatic rings. The molecule has 5 rings (SSSR count). The van der Waals surface area contributed by atoms with E-state index in [0.717, 1.165) is 17.2 Å². The summed E-state index contributed by atoms with van der Waals surface area (Å²) in [5, 5.41) is 23.9. The maximum Gasteiger partial charge on any atom is 0.139 e. The van der Waals surface area contributed by atoms with Gasteiger partial charge in [-0.15, -0.1) is 5.17 Å². The van der Waals surface area contributed by atoms with Crippen LogP contribution in [-0.4, -0.2) is 18.8 Å². The molecule has 2 aliphatic heterocycles. The summed E-state index contributed by atoms with van der Waals surface area (Å²) in [6, 6.07) is 19.3. The topological polar surface area (TPSA) is 110 Å². The summed E-state index contributed by atoms with van der Waals surface area (Å²) in [6.45, 7) is 4.05. The first-order valence-electron chi connectivity index (χ1n) is 12.5. The fraction of sp³-hybridized carbons (Fsp3) is 0.267. The van der Waals surface area contributed by atoms with E-state index >= 15 is 4.39 Å². The van der Waals surface area contributed by atoms with E-state index in [1.54, 1.807) is 30.5 Å². The zero-order valence-electron chi connectivity index (χ0n) is 21.6. The predicted octanol–water partition coefficient (Wildman–Crippen LogP) is 5.21. The van der Waals surface area contributed by atoms with Crippen LogP contribution in [0.25, 0.3) is 11.1 Å². The first kappa shape index (κ1) is 26.0. The molecule has 198 valence electrons. The van der Waals surface area contributed by atoms with Gasteiger partial charge in [0.25, 0.3) is 0 Å². The number of nitrogens with zero attached hydrogens (tertiary/aromatic N) is 3. The Labute approximate surface area is 226 Å². The van der Waals surface area contributed by atoms with Gasteiger partial charge in [0.05, 0.1) is 35.2 Å². The summed E-state index contributed by atoms with van der Waals surface area (Å²) in [5.41, 5.74) is 11.5. The molecule has 0 aromatic heterocycles. The van der Waals surface area contributed by atoms with Crippen LogP contribution in [0, 0.1) is 33.9 Å². The summed E-state index contributed by atoms with van der Waals surface area (Å²) in [5.74, 6) is -1.24. The second-order valence-corrected chi connectivity index (χ2v) is 10.6. The van der Waals surface area contributed by atoms with Gasteiger partial charge in [0.1, 0.15) is 23.4 Å². The number of rotatable bonds is 7. The van der Waals surface area contributed by atoms with E-state index in [4.69, 9.17) is 10.6 Å². The molecule has 7 nitrogen and oxygen atoms in total. The number of nitrogens with one attached hydrogen (secondary N) is 2. The van der Waals surface area contributed by atoms with Crippen molar-refractivity contribution in [3.8, 4) is 23.3 Å². The maximum absolute atomic E-state index is 15.9. The van der Waals surface area contributed by atoms with Crippen LogP contribution in [0.1, 0.15) is 42.0 Å². The lowest BCUT2D eigenvalue weighted by Gasteiger charge is -2.52. The quantitative estimate of drug-likeness (QED) is 0.363. The summed E-state index contributed by atoms with van der Waals surface area (Å²) in [6.07, 6.45) is 3.61. The van der Waals surface area contributed by atoms with Gasteiger partial charge in [-0.05, 0) is 85.0 Å². The number of hydrogen-bond acceptors (Lipinski definition) is 7. The molecular weight excluding hydrogens is 498 g/mol. The summed E-state index contributed by atoms with van der Waals surface area (Å²) < 4.78 is 30.3. The first-order valence-corrected chi connectivity index (χ1v) is 12.5. The van der Waals surface area contributed by atoms with Crippen LogP contribution >= 0.6 is 0 Å². The van der Waals surface area contributed by atoms with E-state index in [0.29, 0.717) is 47.6 Å². The number of benzene rings is 3. The fourth-order valence-corrected chi connectivity index (χ4v) is 5.90. The van der Waals surface area contributed by atoms with Crippen molar-refractivity contribution in [2.75, 3.05) is 24.0 Å². The average Bonchev–Trinajstić information content (AvgIpc) is 3.40. The molecular formula is C30H28F2N6O. The molecule has 3 aromatic rings. The Hall–Kier alpha value is -4.60. The molecule has 0 bridgehead atoms. The fourth-order valence-electron chi connectivity index (χ4n) is 5.90. The summed E-state index contributed by atoms with van der Waals surface area (Å²) >= 11 is 0. The van der Waals surface area contributed by atoms with Crippen molar-refractivity contribution in [1.82, 2.24) is 10.7 Å². The van der Waals surface area contributed by atoms with Gasteiger partial charge in [-0.2, -0.15) is 10.5 Å². The van der Waals surface area contributed by atoms with Crippen LogP contribution in [0.2, 0.25) is 0 Å². The van der Waals surface area contributed by atoms with Gasteiger partial charge in [-0.1, -0.05) is 12.1 Å². The minimum Gasteiger partial charge on any atom is -0.397 e. The van der Waals surface area contributed by atoms with Gasteiger partial charge in [-0.3, -0.25) is 5.43 Å². The van der Waals surface area contributed by atoms with Crippen molar-refractivity contribution < 1.29 is 13.6 Å². The highest BCUT2D eigenvalue weighted by Gasteiger charge is 2.51. The van der Waals surface area contributed by atoms with E-state index in [-0.39, 0.29) is 5.56 Å². The zero-order chi connectivity index (χ0) is 27.8. The number of alkyl halides is 1. The molecule has 0 amide bonds. The van der Waals surface area contributed by atoms with Gasteiger partial charge < -0.3 is 15.9 Å². The van der Waals surface area contributed by atoms with Gasteiger partial charge in [0.15, 0.2) is 0 Å². The molecule has 2 heterocycles. The molecule has 1 atom stereocenters. The molecule has 3 aromatic carbocycles. The van der Waals surface area contributed by atoms with Crippen molar-refractivity contribution in [1.29, 1.82) is 10.5 Å². The average molecular weight is 527 g/mol. The second kappa shape index (κ2) is 9.94. The Bertz CT molecular complexity index is 1520. The van der Waals surface area contributed by atoms with Crippen LogP contribution in [0.4, 0.5) is 20.2 Å². The molecule has 0 saturated carbocycles. The van der Waals surface area contributed by atoms with Crippen molar-refractivity contribution in [2.45, 2.75) is 31.9 Å². The molecule has 0 unspecified atom stereocenters. The summed E-state index contributed by atoms with van der Waals surface area (Å²) in [7, 11) is 0. The Balaban J connectivity index is 1.52. The van der Waals surface area contributed by atoms with Gasteiger partial charge in [0.2, 0.25) is 0 Å². The predicted molar refractivity (Wildman–Crippen MR) is 145 cm³/mol. The first-order chi connectivity index (χ1) is 18.6. The van der Waals surface area contributed by atoms with Crippen LogP contribution in [0.3, 0.4) is 0 Å². The molecule has 0 aliphatic carbocycles. The monoisotopic (exact) mass is 526 g/mol. The van der Waals surface area contributed by atoms with E-state index in [1.165, 1.54) is 31.3 Å². The third-order valence-corrected chi connectivity index (χ3v) is 7.38. The largest absolute Gasteiger partial charge is 0.397 e. The number of nitrogen functional groups attached to an aromatic ring is 1. The SMILES string of the molecule is CC(C)(F)[C@@H](c1cc(F)cc(C#N)c1)C1(Cc2ccc(C#N)c(-c3ccc(N4NC=CO4)c(N)c3)c2)CNC1. The molecule has 39 heavy (non-hydrogen) atoms. The van der Waals surface area contributed by atoms with Crippen molar-refractivity contribution in [3.63, 3.8) is 0 Å². The smallest absolute Gasteiger partial charge is 0.139 e. The van der Waals surface area contributed by atoms with E-state index < -0.39 is 22.8 Å². The third kappa shape index (κ3) is 4.97. The molecule has 4 N–H and O–H groups in total. The van der Waals surface area contributed by atoms with E-state index in [9.17, 15) is 14.9 Å². The standard InChI is InChI=1S/C30H28F2N6O/c1-29(2,32)28(23-9-20(15-33)10-24(31)12-23)30(17-36-18-30)14-19-3-4-22(16-34)25(11-19)21-5-6-27(26(35)13-21)38-37-7-8-39-38/h3-13,28,36-37H,14,17-18,35H2,1-2H3/t28-/m1/s1. The van der Waals surface area contributed by atoms with Crippen LogP contribution < -0.4 is 21.6 Å². The molecule has 9 heteroatoms. The Morgan fingerprint density at radius 3 is 2.49 bits per heavy atom. The Kier molecular flexibility index (Phi) is 6.63. The Morgan fingerprint density at radius 1 is 1.10 bits per heavy atom. The second-order valence-electron chi connectivity index (χ2n) is 10.6. The third-order valence-electron chi connectivity index (χ3n) is 7.38.